The highest BCUT2D eigenvalue weighted by molar-refractivity contribution is 7.87. The van der Waals surface area contributed by atoms with Gasteiger partial charge in [-0.25, -0.2) is 0 Å². The second-order valence-electron chi connectivity index (χ2n) is 5.11. The third-order valence-corrected chi connectivity index (χ3v) is 5.11. The van der Waals surface area contributed by atoms with E-state index in [1.165, 1.54) is 0 Å². The number of rotatable bonds is 4. The van der Waals surface area contributed by atoms with E-state index in [0.29, 0.717) is 18.8 Å². The maximum absolute atomic E-state index is 12.3. The fraction of sp³-hybridized carbons (Fsp3) is 0.692. The monoisotopic (exact) mass is 286 g/mol. The van der Waals surface area contributed by atoms with Crippen molar-refractivity contribution in [1.82, 2.24) is 9.03 Å². The van der Waals surface area contributed by atoms with Crippen molar-refractivity contribution in [3.8, 4) is 0 Å². The van der Waals surface area contributed by atoms with Gasteiger partial charge < -0.3 is 4.42 Å². The molecule has 5 nitrogen and oxygen atoms in total. The van der Waals surface area contributed by atoms with Crippen LogP contribution in [0.4, 0.5) is 0 Å². The summed E-state index contributed by atoms with van der Waals surface area (Å²) in [5.74, 6) is 1.44. The zero-order valence-corrected chi connectivity index (χ0v) is 12.4. The Morgan fingerprint density at radius 3 is 2.37 bits per heavy atom. The van der Waals surface area contributed by atoms with Gasteiger partial charge in [-0.1, -0.05) is 12.8 Å². The van der Waals surface area contributed by atoms with Crippen LogP contribution in [0.1, 0.15) is 50.2 Å². The van der Waals surface area contributed by atoms with Crippen LogP contribution in [-0.2, 0) is 10.2 Å². The van der Waals surface area contributed by atoms with E-state index in [9.17, 15) is 8.42 Å². The van der Waals surface area contributed by atoms with Gasteiger partial charge in [-0.15, -0.1) is 0 Å². The van der Waals surface area contributed by atoms with Crippen LogP contribution < -0.4 is 4.72 Å². The lowest BCUT2D eigenvalue weighted by atomic mass is 10.2. The number of nitrogens with zero attached hydrogens (tertiary/aromatic N) is 1. The Labute approximate surface area is 115 Å². The third kappa shape index (κ3) is 3.81. The molecule has 0 bridgehead atoms. The Morgan fingerprint density at radius 2 is 1.84 bits per heavy atom. The minimum absolute atomic E-state index is 0.345. The Morgan fingerprint density at radius 1 is 1.21 bits per heavy atom. The molecule has 19 heavy (non-hydrogen) atoms. The average molecular weight is 286 g/mol. The van der Waals surface area contributed by atoms with Gasteiger partial charge in [0, 0.05) is 13.1 Å². The molecule has 0 radical (unpaired) electrons. The first kappa shape index (κ1) is 14.6. The number of furan rings is 1. The molecular formula is C13H22N2O3S. The number of hydrogen-bond acceptors (Lipinski definition) is 3. The predicted molar refractivity (Wildman–Crippen MR) is 74.0 cm³/mol. The summed E-state index contributed by atoms with van der Waals surface area (Å²) >= 11 is 0. The molecule has 0 aliphatic carbocycles. The summed E-state index contributed by atoms with van der Waals surface area (Å²) in [7, 11) is -3.42. The van der Waals surface area contributed by atoms with Crippen molar-refractivity contribution in [1.29, 1.82) is 0 Å². The second-order valence-corrected chi connectivity index (χ2v) is 6.81. The number of hydrogen-bond donors (Lipinski definition) is 1. The Bertz CT molecular complexity index is 502. The molecule has 1 aromatic heterocycles. The van der Waals surface area contributed by atoms with Crippen molar-refractivity contribution in [2.75, 3.05) is 13.1 Å². The highest BCUT2D eigenvalue weighted by Gasteiger charge is 2.25. The molecule has 1 aromatic rings. The summed E-state index contributed by atoms with van der Waals surface area (Å²) in [6, 6.07) is 3.30. The fourth-order valence-electron chi connectivity index (χ4n) is 2.32. The SMILES string of the molecule is Cc1ccc([C@@H](C)NS(=O)(=O)N2CCCCCC2)o1. The Kier molecular flexibility index (Phi) is 4.65. The molecule has 0 saturated carbocycles. The maximum Gasteiger partial charge on any atom is 0.280 e. The Balaban J connectivity index is 2.03. The minimum atomic E-state index is -3.42. The molecule has 6 heteroatoms. The molecule has 1 fully saturated rings. The first-order valence-corrected chi connectivity index (χ1v) is 8.27. The molecule has 1 atom stereocenters. The van der Waals surface area contributed by atoms with E-state index in [4.69, 9.17) is 4.42 Å². The van der Waals surface area contributed by atoms with E-state index < -0.39 is 10.2 Å². The highest BCUT2D eigenvalue weighted by Crippen LogP contribution is 2.19. The molecule has 1 saturated heterocycles. The fourth-order valence-corrected chi connectivity index (χ4v) is 3.78. The molecule has 1 aliphatic rings. The van der Waals surface area contributed by atoms with Gasteiger partial charge in [0.2, 0.25) is 0 Å². The molecule has 0 aromatic carbocycles. The smallest absolute Gasteiger partial charge is 0.280 e. The van der Waals surface area contributed by atoms with Crippen LogP contribution in [0.2, 0.25) is 0 Å². The van der Waals surface area contributed by atoms with Crippen LogP contribution in [-0.4, -0.2) is 25.8 Å². The van der Waals surface area contributed by atoms with Gasteiger partial charge in [0.1, 0.15) is 11.5 Å². The van der Waals surface area contributed by atoms with Crippen LogP contribution >= 0.6 is 0 Å². The summed E-state index contributed by atoms with van der Waals surface area (Å²) in [4.78, 5) is 0. The van der Waals surface area contributed by atoms with E-state index in [0.717, 1.165) is 31.4 Å². The first-order chi connectivity index (χ1) is 8.99. The highest BCUT2D eigenvalue weighted by atomic mass is 32.2. The summed E-state index contributed by atoms with van der Waals surface area (Å²) in [6.45, 7) is 4.87. The van der Waals surface area contributed by atoms with Crippen molar-refractivity contribution in [3.63, 3.8) is 0 Å². The van der Waals surface area contributed by atoms with E-state index in [1.54, 1.807) is 11.2 Å². The van der Waals surface area contributed by atoms with E-state index in [-0.39, 0.29) is 6.04 Å². The van der Waals surface area contributed by atoms with Crippen LogP contribution in [0, 0.1) is 6.92 Å². The molecule has 1 N–H and O–H groups in total. The van der Waals surface area contributed by atoms with Gasteiger partial charge in [0.25, 0.3) is 10.2 Å². The van der Waals surface area contributed by atoms with E-state index in [2.05, 4.69) is 4.72 Å². The summed E-state index contributed by atoms with van der Waals surface area (Å²) < 4.78 is 34.3. The zero-order valence-electron chi connectivity index (χ0n) is 11.6. The topological polar surface area (TPSA) is 62.6 Å². The molecule has 0 unspecified atom stereocenters. The number of nitrogens with one attached hydrogen (secondary N) is 1. The quantitative estimate of drug-likeness (QED) is 0.924. The van der Waals surface area contributed by atoms with Crippen molar-refractivity contribution < 1.29 is 12.8 Å². The average Bonchev–Trinajstić information content (AvgIpc) is 2.63. The molecule has 1 aliphatic heterocycles. The van der Waals surface area contributed by atoms with Crippen LogP contribution in [0.3, 0.4) is 0 Å². The minimum Gasteiger partial charge on any atom is -0.465 e. The lowest BCUT2D eigenvalue weighted by Gasteiger charge is -2.22. The lowest BCUT2D eigenvalue weighted by Crippen LogP contribution is -2.42. The van der Waals surface area contributed by atoms with Crippen LogP contribution in [0.5, 0.6) is 0 Å². The first-order valence-electron chi connectivity index (χ1n) is 6.83. The largest absolute Gasteiger partial charge is 0.465 e. The molecular weight excluding hydrogens is 264 g/mol. The van der Waals surface area contributed by atoms with Gasteiger partial charge in [-0.05, 0) is 38.8 Å². The van der Waals surface area contributed by atoms with Gasteiger partial charge in [-0.3, -0.25) is 0 Å². The zero-order chi connectivity index (χ0) is 13.9. The Hall–Kier alpha value is -0.850. The number of aryl methyl sites for hydroxylation is 1. The molecule has 108 valence electrons. The van der Waals surface area contributed by atoms with Gasteiger partial charge in [-0.2, -0.15) is 17.4 Å². The normalized spacial score (nSPS) is 20.1. The summed E-state index contributed by atoms with van der Waals surface area (Å²) in [5.41, 5.74) is 0. The van der Waals surface area contributed by atoms with E-state index in [1.807, 2.05) is 19.1 Å². The van der Waals surface area contributed by atoms with Crippen molar-refractivity contribution in [2.45, 2.75) is 45.6 Å². The van der Waals surface area contributed by atoms with Crippen LogP contribution in [0.25, 0.3) is 0 Å². The van der Waals surface area contributed by atoms with Crippen molar-refractivity contribution in [2.24, 2.45) is 0 Å². The van der Waals surface area contributed by atoms with Gasteiger partial charge in [0.05, 0.1) is 6.04 Å². The van der Waals surface area contributed by atoms with Gasteiger partial charge >= 0.3 is 0 Å². The molecule has 0 amide bonds. The van der Waals surface area contributed by atoms with Crippen LogP contribution in [0.15, 0.2) is 16.5 Å². The molecule has 2 rings (SSSR count). The standard InChI is InChI=1S/C13H22N2O3S/c1-11-7-8-13(18-11)12(2)14-19(16,17)15-9-5-3-4-6-10-15/h7-8,12,14H,3-6,9-10H2,1-2H3/t12-/m1/s1. The lowest BCUT2D eigenvalue weighted by molar-refractivity contribution is 0.395. The maximum atomic E-state index is 12.3. The van der Waals surface area contributed by atoms with Gasteiger partial charge in [0.15, 0.2) is 0 Å². The second kappa shape index (κ2) is 6.07. The van der Waals surface area contributed by atoms with Crippen molar-refractivity contribution in [3.05, 3.63) is 23.7 Å². The van der Waals surface area contributed by atoms with E-state index >= 15 is 0 Å². The summed E-state index contributed by atoms with van der Waals surface area (Å²) in [5, 5.41) is 0. The third-order valence-electron chi connectivity index (χ3n) is 3.42. The molecule has 0 spiro atoms. The molecule has 2 heterocycles. The predicted octanol–water partition coefficient (Wildman–Crippen LogP) is 2.36. The van der Waals surface area contributed by atoms with Crippen molar-refractivity contribution >= 4 is 10.2 Å². The summed E-state index contributed by atoms with van der Waals surface area (Å²) in [6.07, 6.45) is 4.10.